The number of rotatable bonds is 10. The molecule has 0 aliphatic carbocycles. The lowest BCUT2D eigenvalue weighted by molar-refractivity contribution is -0.121. The zero-order chi connectivity index (χ0) is 18.8. The highest BCUT2D eigenvalue weighted by Crippen LogP contribution is 2.30. The number of amides is 1. The third kappa shape index (κ3) is 6.30. The molecule has 5 heteroatoms. The first-order valence-electron chi connectivity index (χ1n) is 9.00. The quantitative estimate of drug-likeness (QED) is 0.605. The fraction of sp³-hybridized carbons (Fsp3) is 0.381. The van der Waals surface area contributed by atoms with E-state index < -0.39 is 0 Å². The zero-order valence-electron chi connectivity index (χ0n) is 15.7. The summed E-state index contributed by atoms with van der Waals surface area (Å²) in [6, 6.07) is 15.8. The third-order valence-electron chi connectivity index (χ3n) is 3.79. The Morgan fingerprint density at radius 2 is 1.73 bits per heavy atom. The summed E-state index contributed by atoms with van der Waals surface area (Å²) in [5.41, 5.74) is 1.00. The molecule has 0 saturated carbocycles. The topological polar surface area (TPSA) is 47.6 Å². The number of hydrogen-bond donors (Lipinski definition) is 1. The SMILES string of the molecule is CCOc1ccc([C@H](C)NC(=O)CCSc2ccccc2)cc1OCC. The van der Waals surface area contributed by atoms with E-state index in [9.17, 15) is 4.79 Å². The minimum Gasteiger partial charge on any atom is -0.490 e. The highest BCUT2D eigenvalue weighted by molar-refractivity contribution is 7.99. The standard InChI is InChI=1S/C21H27NO3S/c1-4-24-19-12-11-17(15-20(19)25-5-2)16(3)22-21(23)13-14-26-18-9-7-6-8-10-18/h6-12,15-16H,4-5,13-14H2,1-3H3,(H,22,23)/t16-/m0/s1. The van der Waals surface area contributed by atoms with Crippen LogP contribution in [0, 0.1) is 0 Å². The molecule has 0 unspecified atom stereocenters. The van der Waals surface area contributed by atoms with Crippen LogP contribution in [0.5, 0.6) is 11.5 Å². The van der Waals surface area contributed by atoms with Crippen molar-refractivity contribution in [2.75, 3.05) is 19.0 Å². The van der Waals surface area contributed by atoms with E-state index in [1.165, 1.54) is 4.90 Å². The maximum absolute atomic E-state index is 12.2. The van der Waals surface area contributed by atoms with Crippen molar-refractivity contribution in [3.63, 3.8) is 0 Å². The maximum atomic E-state index is 12.2. The van der Waals surface area contributed by atoms with E-state index in [0.717, 1.165) is 17.1 Å². The smallest absolute Gasteiger partial charge is 0.221 e. The van der Waals surface area contributed by atoms with Gasteiger partial charge in [-0.25, -0.2) is 0 Å². The molecule has 2 aromatic rings. The molecule has 0 spiro atoms. The number of carbonyl (C=O) groups is 1. The second kappa shape index (κ2) is 10.8. The Bertz CT molecular complexity index is 691. The monoisotopic (exact) mass is 373 g/mol. The van der Waals surface area contributed by atoms with E-state index in [2.05, 4.69) is 17.4 Å². The lowest BCUT2D eigenvalue weighted by Gasteiger charge is -2.17. The molecule has 1 atom stereocenters. The van der Waals surface area contributed by atoms with Gasteiger partial charge in [0.1, 0.15) is 0 Å². The largest absolute Gasteiger partial charge is 0.490 e. The Morgan fingerprint density at radius 1 is 1.04 bits per heavy atom. The lowest BCUT2D eigenvalue weighted by atomic mass is 10.1. The second-order valence-electron chi connectivity index (χ2n) is 5.77. The van der Waals surface area contributed by atoms with Crippen molar-refractivity contribution in [3.05, 3.63) is 54.1 Å². The molecular formula is C21H27NO3S. The van der Waals surface area contributed by atoms with Gasteiger partial charge in [0.15, 0.2) is 11.5 Å². The predicted molar refractivity (Wildman–Crippen MR) is 107 cm³/mol. The highest BCUT2D eigenvalue weighted by atomic mass is 32.2. The summed E-state index contributed by atoms with van der Waals surface area (Å²) < 4.78 is 11.2. The van der Waals surface area contributed by atoms with E-state index in [1.54, 1.807) is 11.8 Å². The van der Waals surface area contributed by atoms with Crippen molar-refractivity contribution in [1.82, 2.24) is 5.32 Å². The fourth-order valence-electron chi connectivity index (χ4n) is 2.51. The molecule has 0 aromatic heterocycles. The van der Waals surface area contributed by atoms with Crippen LogP contribution < -0.4 is 14.8 Å². The lowest BCUT2D eigenvalue weighted by Crippen LogP contribution is -2.26. The van der Waals surface area contributed by atoms with Crippen LogP contribution in [0.2, 0.25) is 0 Å². The van der Waals surface area contributed by atoms with Crippen LogP contribution in [0.4, 0.5) is 0 Å². The van der Waals surface area contributed by atoms with Gasteiger partial charge in [0.2, 0.25) is 5.91 Å². The van der Waals surface area contributed by atoms with E-state index in [-0.39, 0.29) is 11.9 Å². The van der Waals surface area contributed by atoms with E-state index in [1.807, 2.05) is 57.2 Å². The Balaban J connectivity index is 1.88. The van der Waals surface area contributed by atoms with Gasteiger partial charge in [-0.15, -0.1) is 11.8 Å². The average molecular weight is 374 g/mol. The summed E-state index contributed by atoms with van der Waals surface area (Å²) >= 11 is 1.69. The van der Waals surface area contributed by atoms with Crippen LogP contribution in [0.3, 0.4) is 0 Å². The first-order valence-corrected chi connectivity index (χ1v) is 9.99. The summed E-state index contributed by atoms with van der Waals surface area (Å²) in [7, 11) is 0. The summed E-state index contributed by atoms with van der Waals surface area (Å²) in [6.45, 7) is 7.03. The first kappa shape index (κ1) is 20.2. The summed E-state index contributed by atoms with van der Waals surface area (Å²) in [5, 5.41) is 3.05. The molecule has 4 nitrogen and oxygen atoms in total. The van der Waals surface area contributed by atoms with Gasteiger partial charge in [0, 0.05) is 17.1 Å². The fourth-order valence-corrected chi connectivity index (χ4v) is 3.39. The number of benzene rings is 2. The van der Waals surface area contributed by atoms with Gasteiger partial charge >= 0.3 is 0 Å². The molecule has 0 aliphatic rings. The normalized spacial score (nSPS) is 11.7. The minimum atomic E-state index is -0.0842. The number of hydrogen-bond acceptors (Lipinski definition) is 4. The molecule has 2 rings (SSSR count). The molecule has 2 aromatic carbocycles. The van der Waals surface area contributed by atoms with Gasteiger partial charge in [-0.1, -0.05) is 24.3 Å². The van der Waals surface area contributed by atoms with Gasteiger partial charge in [-0.2, -0.15) is 0 Å². The predicted octanol–water partition coefficient (Wildman–Crippen LogP) is 4.84. The van der Waals surface area contributed by atoms with Crippen molar-refractivity contribution in [1.29, 1.82) is 0 Å². The molecule has 1 amide bonds. The average Bonchev–Trinajstić information content (AvgIpc) is 2.64. The molecular weight excluding hydrogens is 346 g/mol. The van der Waals surface area contributed by atoms with Crippen LogP contribution in [-0.2, 0) is 4.79 Å². The summed E-state index contributed by atoms with van der Waals surface area (Å²) in [5.74, 6) is 2.26. The van der Waals surface area contributed by atoms with Crippen LogP contribution in [-0.4, -0.2) is 24.9 Å². The van der Waals surface area contributed by atoms with Crippen molar-refractivity contribution >= 4 is 17.7 Å². The van der Waals surface area contributed by atoms with Crippen molar-refractivity contribution < 1.29 is 14.3 Å². The molecule has 0 saturated heterocycles. The number of ether oxygens (including phenoxy) is 2. The molecule has 0 radical (unpaired) electrons. The number of thioether (sulfide) groups is 1. The van der Waals surface area contributed by atoms with Gasteiger partial charge in [-0.3, -0.25) is 4.79 Å². The van der Waals surface area contributed by atoms with Crippen LogP contribution in [0.15, 0.2) is 53.4 Å². The molecule has 26 heavy (non-hydrogen) atoms. The number of nitrogens with one attached hydrogen (secondary N) is 1. The Morgan fingerprint density at radius 3 is 2.42 bits per heavy atom. The number of carbonyl (C=O) groups excluding carboxylic acids is 1. The molecule has 0 heterocycles. The maximum Gasteiger partial charge on any atom is 0.221 e. The highest BCUT2D eigenvalue weighted by Gasteiger charge is 2.13. The van der Waals surface area contributed by atoms with E-state index in [0.29, 0.717) is 25.4 Å². The Labute approximate surface area is 160 Å². The zero-order valence-corrected chi connectivity index (χ0v) is 16.5. The summed E-state index contributed by atoms with van der Waals surface area (Å²) in [4.78, 5) is 13.4. The summed E-state index contributed by atoms with van der Waals surface area (Å²) in [6.07, 6.45) is 0.485. The van der Waals surface area contributed by atoms with Crippen molar-refractivity contribution in [2.24, 2.45) is 0 Å². The van der Waals surface area contributed by atoms with Crippen molar-refractivity contribution in [3.8, 4) is 11.5 Å². The Kier molecular flexibility index (Phi) is 8.35. The van der Waals surface area contributed by atoms with Crippen LogP contribution in [0.25, 0.3) is 0 Å². The van der Waals surface area contributed by atoms with Gasteiger partial charge in [0.05, 0.1) is 19.3 Å². The van der Waals surface area contributed by atoms with Crippen molar-refractivity contribution in [2.45, 2.75) is 38.1 Å². The molecule has 140 valence electrons. The molecule has 0 bridgehead atoms. The van der Waals surface area contributed by atoms with Gasteiger partial charge < -0.3 is 14.8 Å². The van der Waals surface area contributed by atoms with Crippen LogP contribution in [0.1, 0.15) is 38.8 Å². The van der Waals surface area contributed by atoms with Gasteiger partial charge in [0.25, 0.3) is 0 Å². The van der Waals surface area contributed by atoms with Crippen LogP contribution >= 0.6 is 11.8 Å². The first-order chi connectivity index (χ1) is 12.6. The van der Waals surface area contributed by atoms with Gasteiger partial charge in [-0.05, 0) is 50.6 Å². The third-order valence-corrected chi connectivity index (χ3v) is 4.80. The van der Waals surface area contributed by atoms with E-state index >= 15 is 0 Å². The second-order valence-corrected chi connectivity index (χ2v) is 6.94. The Hall–Kier alpha value is -2.14. The van der Waals surface area contributed by atoms with E-state index in [4.69, 9.17) is 9.47 Å². The minimum absolute atomic E-state index is 0.0489. The molecule has 0 aliphatic heterocycles. The molecule has 0 fully saturated rings. The molecule has 1 N–H and O–H groups in total.